The van der Waals surface area contributed by atoms with Crippen molar-refractivity contribution in [3.05, 3.63) is 17.7 Å². The number of piperidine rings is 1. The molecule has 0 aliphatic carbocycles. The highest BCUT2D eigenvalue weighted by Crippen LogP contribution is 2.37. The molecule has 2 aliphatic rings. The number of amides is 1. The Hall–Kier alpha value is -2.03. The molecule has 3 rings (SSSR count). The summed E-state index contributed by atoms with van der Waals surface area (Å²) in [5.41, 5.74) is 1.27. The van der Waals surface area contributed by atoms with Crippen molar-refractivity contribution in [1.82, 2.24) is 10.2 Å². The van der Waals surface area contributed by atoms with Crippen molar-refractivity contribution in [2.75, 3.05) is 51.3 Å². The van der Waals surface area contributed by atoms with E-state index in [1.165, 1.54) is 0 Å². The van der Waals surface area contributed by atoms with Gasteiger partial charge in [-0.05, 0) is 39.3 Å². The van der Waals surface area contributed by atoms with E-state index in [4.69, 9.17) is 14.6 Å². The van der Waals surface area contributed by atoms with Crippen molar-refractivity contribution in [3.8, 4) is 11.5 Å². The van der Waals surface area contributed by atoms with Gasteiger partial charge in [0.1, 0.15) is 0 Å². The highest BCUT2D eigenvalue weighted by atomic mass is 16.5. The van der Waals surface area contributed by atoms with Gasteiger partial charge in [-0.3, -0.25) is 4.79 Å². The molecule has 0 bridgehead atoms. The quantitative estimate of drug-likeness (QED) is 0.504. The van der Waals surface area contributed by atoms with Crippen LogP contribution in [0.4, 0.5) is 5.69 Å². The average molecular weight is 422 g/mol. The molecule has 1 unspecified atom stereocenters. The standard InChI is InChI=1S/C22H35N3O5/c1-15(2)24-17-11-18(21-20(12-17)29-9-4-10-30-21)22(28)23-13-16-5-7-25(6-3-8-26)14-19(16)27/h11-12,15-16,19,24,26-27H,3-10,13-14H2,1-2H3,(H,23,28)/t16-,19?/m0/s1. The van der Waals surface area contributed by atoms with Gasteiger partial charge in [-0.1, -0.05) is 0 Å². The van der Waals surface area contributed by atoms with Crippen LogP contribution in [0.1, 0.15) is 43.5 Å². The van der Waals surface area contributed by atoms with E-state index in [0.29, 0.717) is 49.8 Å². The van der Waals surface area contributed by atoms with Gasteiger partial charge in [0.2, 0.25) is 0 Å². The van der Waals surface area contributed by atoms with Crippen LogP contribution in [0.15, 0.2) is 12.1 Å². The lowest BCUT2D eigenvalue weighted by Gasteiger charge is -2.36. The topological polar surface area (TPSA) is 103 Å². The van der Waals surface area contributed by atoms with E-state index in [0.717, 1.165) is 31.6 Å². The van der Waals surface area contributed by atoms with Crippen molar-refractivity contribution in [1.29, 1.82) is 0 Å². The third kappa shape index (κ3) is 6.00. The van der Waals surface area contributed by atoms with E-state index in [9.17, 15) is 9.90 Å². The Morgan fingerprint density at radius 3 is 2.83 bits per heavy atom. The lowest BCUT2D eigenvalue weighted by Crippen LogP contribution is -2.48. The van der Waals surface area contributed by atoms with Crippen LogP contribution in [0.2, 0.25) is 0 Å². The van der Waals surface area contributed by atoms with E-state index in [2.05, 4.69) is 15.5 Å². The maximum Gasteiger partial charge on any atom is 0.255 e. The van der Waals surface area contributed by atoms with Crippen LogP contribution >= 0.6 is 0 Å². The molecule has 0 radical (unpaired) electrons. The van der Waals surface area contributed by atoms with Crippen molar-refractivity contribution in [3.63, 3.8) is 0 Å². The number of likely N-dealkylation sites (tertiary alicyclic amines) is 1. The molecular formula is C22H35N3O5. The molecule has 1 aromatic carbocycles. The van der Waals surface area contributed by atoms with Gasteiger partial charge in [0.25, 0.3) is 5.91 Å². The summed E-state index contributed by atoms with van der Waals surface area (Å²) in [5, 5.41) is 25.8. The molecule has 168 valence electrons. The molecule has 2 heterocycles. The molecule has 8 heteroatoms. The third-order valence-electron chi connectivity index (χ3n) is 5.51. The number of aliphatic hydroxyl groups excluding tert-OH is 2. The fraction of sp³-hybridized carbons (Fsp3) is 0.682. The predicted molar refractivity (Wildman–Crippen MR) is 115 cm³/mol. The Morgan fingerprint density at radius 1 is 1.30 bits per heavy atom. The molecule has 0 saturated carbocycles. The van der Waals surface area contributed by atoms with Crippen molar-refractivity contribution < 1.29 is 24.5 Å². The normalized spacial score (nSPS) is 21.9. The predicted octanol–water partition coefficient (Wildman–Crippen LogP) is 1.46. The third-order valence-corrected chi connectivity index (χ3v) is 5.51. The van der Waals surface area contributed by atoms with E-state index in [1.807, 2.05) is 19.9 Å². The number of β-amino-alcohol motifs (C(OH)–C–C–N with tert-alkyl or cyclic N) is 1. The number of carbonyl (C=O) groups is 1. The number of anilines is 1. The summed E-state index contributed by atoms with van der Waals surface area (Å²) in [4.78, 5) is 15.2. The Balaban J connectivity index is 1.66. The van der Waals surface area contributed by atoms with Gasteiger partial charge in [-0.25, -0.2) is 0 Å². The van der Waals surface area contributed by atoms with E-state index < -0.39 is 6.10 Å². The monoisotopic (exact) mass is 421 g/mol. The number of hydrogen-bond acceptors (Lipinski definition) is 7. The zero-order valence-corrected chi connectivity index (χ0v) is 18.0. The smallest absolute Gasteiger partial charge is 0.255 e. The van der Waals surface area contributed by atoms with Crippen LogP contribution in [0.5, 0.6) is 11.5 Å². The fourth-order valence-electron chi connectivity index (χ4n) is 3.96. The maximum atomic E-state index is 13.0. The highest BCUT2D eigenvalue weighted by molar-refractivity contribution is 5.99. The van der Waals surface area contributed by atoms with Gasteiger partial charge in [0.15, 0.2) is 11.5 Å². The molecular weight excluding hydrogens is 386 g/mol. The van der Waals surface area contributed by atoms with Crippen LogP contribution in [-0.2, 0) is 0 Å². The largest absolute Gasteiger partial charge is 0.489 e. The van der Waals surface area contributed by atoms with Gasteiger partial charge < -0.3 is 35.2 Å². The lowest BCUT2D eigenvalue weighted by atomic mass is 9.93. The minimum absolute atomic E-state index is 0.00655. The Labute approximate surface area is 178 Å². The number of carbonyl (C=O) groups excluding carboxylic acids is 1. The SMILES string of the molecule is CC(C)Nc1cc2c(c(C(=O)NC[C@@H]3CCN(CCCO)CC3O)c1)OCCCO2. The molecule has 8 nitrogen and oxygen atoms in total. The van der Waals surface area contributed by atoms with E-state index >= 15 is 0 Å². The number of rotatable bonds is 8. The van der Waals surface area contributed by atoms with Crippen molar-refractivity contribution in [2.24, 2.45) is 5.92 Å². The van der Waals surface area contributed by atoms with Crippen molar-refractivity contribution in [2.45, 2.75) is 45.3 Å². The summed E-state index contributed by atoms with van der Waals surface area (Å²) in [6.45, 7) is 7.92. The number of hydrogen-bond donors (Lipinski definition) is 4. The fourth-order valence-corrected chi connectivity index (χ4v) is 3.96. The molecule has 0 spiro atoms. The average Bonchev–Trinajstić information content (AvgIpc) is 2.95. The molecule has 0 aromatic heterocycles. The van der Waals surface area contributed by atoms with Crippen LogP contribution in [-0.4, -0.2) is 79.2 Å². The van der Waals surface area contributed by atoms with Crippen molar-refractivity contribution >= 4 is 11.6 Å². The Morgan fingerprint density at radius 2 is 2.10 bits per heavy atom. The lowest BCUT2D eigenvalue weighted by molar-refractivity contribution is 0.0201. The second kappa shape index (κ2) is 10.8. The zero-order chi connectivity index (χ0) is 21.5. The molecule has 1 amide bonds. The summed E-state index contributed by atoms with van der Waals surface area (Å²) in [5.74, 6) is 0.852. The van der Waals surface area contributed by atoms with Gasteiger partial charge in [0.05, 0.1) is 24.9 Å². The summed E-state index contributed by atoms with van der Waals surface area (Å²) < 4.78 is 11.6. The van der Waals surface area contributed by atoms with Crippen LogP contribution < -0.4 is 20.1 Å². The number of nitrogens with zero attached hydrogens (tertiary/aromatic N) is 1. The number of fused-ring (bicyclic) bond motifs is 1. The summed E-state index contributed by atoms with van der Waals surface area (Å²) >= 11 is 0. The molecule has 2 atom stereocenters. The first kappa shape index (κ1) is 22.7. The highest BCUT2D eigenvalue weighted by Gasteiger charge is 2.28. The minimum Gasteiger partial charge on any atom is -0.489 e. The summed E-state index contributed by atoms with van der Waals surface area (Å²) in [6, 6.07) is 3.90. The Bertz CT molecular complexity index is 712. The Kier molecular flexibility index (Phi) is 8.18. The number of aliphatic hydroxyl groups is 2. The second-order valence-corrected chi connectivity index (χ2v) is 8.40. The summed E-state index contributed by atoms with van der Waals surface area (Å²) in [6.07, 6.45) is 1.79. The molecule has 2 aliphatic heterocycles. The van der Waals surface area contributed by atoms with Gasteiger partial charge in [-0.15, -0.1) is 0 Å². The first-order valence-electron chi connectivity index (χ1n) is 11.0. The van der Waals surface area contributed by atoms with E-state index in [1.54, 1.807) is 6.07 Å². The van der Waals surface area contributed by atoms with Gasteiger partial charge in [0, 0.05) is 56.4 Å². The number of nitrogens with one attached hydrogen (secondary N) is 2. The maximum absolute atomic E-state index is 13.0. The molecule has 1 aromatic rings. The molecule has 4 N–H and O–H groups in total. The minimum atomic E-state index is -0.497. The second-order valence-electron chi connectivity index (χ2n) is 8.40. The van der Waals surface area contributed by atoms with Gasteiger partial charge in [-0.2, -0.15) is 0 Å². The first-order valence-corrected chi connectivity index (χ1v) is 11.0. The van der Waals surface area contributed by atoms with Crippen LogP contribution in [0.3, 0.4) is 0 Å². The molecule has 1 saturated heterocycles. The first-order chi connectivity index (χ1) is 14.5. The van der Waals surface area contributed by atoms with Crippen LogP contribution in [0.25, 0.3) is 0 Å². The number of ether oxygens (including phenoxy) is 2. The zero-order valence-electron chi connectivity index (χ0n) is 18.0. The summed E-state index contributed by atoms with van der Waals surface area (Å²) in [7, 11) is 0. The number of benzene rings is 1. The van der Waals surface area contributed by atoms with E-state index in [-0.39, 0.29) is 24.5 Å². The molecule has 1 fully saturated rings. The molecule has 30 heavy (non-hydrogen) atoms. The van der Waals surface area contributed by atoms with Crippen LogP contribution in [0, 0.1) is 5.92 Å². The van der Waals surface area contributed by atoms with Gasteiger partial charge >= 0.3 is 0 Å².